The third kappa shape index (κ3) is 6.52. The van der Waals surface area contributed by atoms with Crippen LogP contribution in [0.15, 0.2) is 249 Å². The smallest absolute Gasteiger partial charge is 0.115 e. The van der Waals surface area contributed by atoms with Crippen LogP contribution in [0.4, 0.5) is 34.1 Å². The van der Waals surface area contributed by atoms with E-state index in [9.17, 15) is 0 Å². The van der Waals surface area contributed by atoms with Crippen LogP contribution in [-0.2, 0) is 0 Å². The first-order valence-corrected chi connectivity index (χ1v) is 22.6. The molecule has 0 aliphatic carbocycles. The molecule has 0 spiro atoms. The molecule has 0 amide bonds. The predicted octanol–water partition coefficient (Wildman–Crippen LogP) is 15.6. The number of aromatic nitrogens is 5. The Morgan fingerprint density at radius 3 is 1.15 bits per heavy atom. The van der Waals surface area contributed by atoms with E-state index in [2.05, 4.69) is 268 Å². The molecule has 0 fully saturated rings. The molecule has 13 aromatic rings. The highest BCUT2D eigenvalue weighted by atomic mass is 15.5. The van der Waals surface area contributed by atoms with Gasteiger partial charge in [-0.25, -0.2) is 0 Å². The van der Waals surface area contributed by atoms with Crippen molar-refractivity contribution >= 4 is 88.8 Å². The first kappa shape index (κ1) is 38.3. The Labute approximate surface area is 386 Å². The summed E-state index contributed by atoms with van der Waals surface area (Å²) in [7, 11) is 0. The monoisotopic (exact) mass is 859 g/mol. The lowest BCUT2D eigenvalue weighted by molar-refractivity contribution is 0.766. The summed E-state index contributed by atoms with van der Waals surface area (Å²) in [6.45, 7) is 0. The van der Waals surface area contributed by atoms with Gasteiger partial charge in [0.05, 0.1) is 27.8 Å². The molecular weight excluding hydrogens is 819 g/mol. The Kier molecular flexibility index (Phi) is 9.03. The molecule has 3 aromatic heterocycles. The van der Waals surface area contributed by atoms with Crippen molar-refractivity contribution in [2.24, 2.45) is 0 Å². The maximum atomic E-state index is 5.08. The fourth-order valence-electron chi connectivity index (χ4n) is 9.85. The summed E-state index contributed by atoms with van der Waals surface area (Å²) in [4.78, 5) is 6.36. The molecule has 13 rings (SSSR count). The molecule has 0 bridgehead atoms. The minimum absolute atomic E-state index is 0.804. The van der Waals surface area contributed by atoms with Crippen molar-refractivity contribution in [2.45, 2.75) is 0 Å². The van der Waals surface area contributed by atoms with E-state index in [0.717, 1.165) is 67.7 Å². The zero-order valence-corrected chi connectivity index (χ0v) is 36.3. The molecule has 67 heavy (non-hydrogen) atoms. The molecule has 7 heteroatoms. The standard InChI is InChI=1S/C60H41N7/c1-5-17-42(18-6-1)63(48-34-37-59-53(39-48)51-25-13-15-27-57(51)65(59)44-21-9-3-10-22-44)46-29-31-47(32-30-46)67-61-55-36-33-50(41-56(55)62-67)64(43-19-7-2-8-20-43)49-35-38-60-54(40-49)52-26-14-16-28-58(52)66(60)45-23-11-4-12-24-45/h1-41H. The second-order valence-electron chi connectivity index (χ2n) is 16.8. The molecule has 0 saturated heterocycles. The van der Waals surface area contributed by atoms with E-state index in [1.165, 1.54) is 38.1 Å². The van der Waals surface area contributed by atoms with Gasteiger partial charge in [0.15, 0.2) is 0 Å². The van der Waals surface area contributed by atoms with Crippen molar-refractivity contribution in [3.05, 3.63) is 249 Å². The van der Waals surface area contributed by atoms with Crippen molar-refractivity contribution in [2.75, 3.05) is 9.80 Å². The van der Waals surface area contributed by atoms with Crippen LogP contribution in [0, 0.1) is 0 Å². The van der Waals surface area contributed by atoms with Gasteiger partial charge in [-0.15, -0.1) is 10.2 Å². The summed E-state index contributed by atoms with van der Waals surface area (Å²) >= 11 is 0. The number of hydrogen-bond donors (Lipinski definition) is 0. The Morgan fingerprint density at radius 2 is 0.627 bits per heavy atom. The van der Waals surface area contributed by atoms with Gasteiger partial charge in [0.2, 0.25) is 0 Å². The largest absolute Gasteiger partial charge is 0.310 e. The second-order valence-corrected chi connectivity index (χ2v) is 16.8. The van der Waals surface area contributed by atoms with Crippen LogP contribution in [0.3, 0.4) is 0 Å². The SMILES string of the molecule is c1ccc(N(c2ccc(-n3nc4ccc(N(c5ccccc5)c5ccc6c(c5)c5ccccc5n6-c5ccccc5)cc4n3)cc2)c2ccc3c(c2)c2ccccc2n3-c2ccccc2)cc1. The third-order valence-corrected chi connectivity index (χ3v) is 12.8. The molecule has 0 radical (unpaired) electrons. The normalized spacial score (nSPS) is 11.6. The molecular formula is C60H41N7. The van der Waals surface area contributed by atoms with Gasteiger partial charge >= 0.3 is 0 Å². The van der Waals surface area contributed by atoms with Crippen LogP contribution in [0.1, 0.15) is 0 Å². The van der Waals surface area contributed by atoms with Gasteiger partial charge in [0.25, 0.3) is 0 Å². The molecule has 316 valence electrons. The Morgan fingerprint density at radius 1 is 0.254 bits per heavy atom. The number of anilines is 6. The summed E-state index contributed by atoms with van der Waals surface area (Å²) in [5.74, 6) is 0. The van der Waals surface area contributed by atoms with E-state index in [0.29, 0.717) is 0 Å². The number of fused-ring (bicyclic) bond motifs is 7. The third-order valence-electron chi connectivity index (χ3n) is 12.8. The van der Waals surface area contributed by atoms with Crippen molar-refractivity contribution < 1.29 is 0 Å². The molecule has 0 unspecified atom stereocenters. The van der Waals surface area contributed by atoms with Gasteiger partial charge in [-0.3, -0.25) is 0 Å². The van der Waals surface area contributed by atoms with Gasteiger partial charge < -0.3 is 18.9 Å². The molecule has 0 aliphatic heterocycles. The molecule has 0 saturated carbocycles. The number of hydrogen-bond acceptors (Lipinski definition) is 4. The minimum Gasteiger partial charge on any atom is -0.310 e. The average Bonchev–Trinajstić information content (AvgIpc) is 4.08. The first-order chi connectivity index (χ1) is 33.2. The predicted molar refractivity (Wildman–Crippen MR) is 277 cm³/mol. The second kappa shape index (κ2) is 15.8. The van der Waals surface area contributed by atoms with E-state index >= 15 is 0 Å². The van der Waals surface area contributed by atoms with Crippen molar-refractivity contribution in [3.8, 4) is 17.1 Å². The van der Waals surface area contributed by atoms with Crippen LogP contribution in [0.5, 0.6) is 0 Å². The first-order valence-electron chi connectivity index (χ1n) is 22.6. The summed E-state index contributed by atoms with van der Waals surface area (Å²) in [6, 6.07) is 88.0. The summed E-state index contributed by atoms with van der Waals surface area (Å²) < 4.78 is 4.70. The minimum atomic E-state index is 0.804. The highest BCUT2D eigenvalue weighted by Crippen LogP contribution is 2.42. The zero-order chi connectivity index (χ0) is 44.3. The van der Waals surface area contributed by atoms with Crippen molar-refractivity contribution in [3.63, 3.8) is 0 Å². The van der Waals surface area contributed by atoms with Gasteiger partial charge in [-0.2, -0.15) is 4.80 Å². The molecule has 0 atom stereocenters. The van der Waals surface area contributed by atoms with Gasteiger partial charge in [0.1, 0.15) is 11.0 Å². The van der Waals surface area contributed by atoms with E-state index < -0.39 is 0 Å². The molecule has 7 nitrogen and oxygen atoms in total. The lowest BCUT2D eigenvalue weighted by atomic mass is 10.1. The summed E-state index contributed by atoms with van der Waals surface area (Å²) in [6.07, 6.45) is 0. The Hall–Kier alpha value is -9.20. The lowest BCUT2D eigenvalue weighted by Gasteiger charge is -2.25. The van der Waals surface area contributed by atoms with Gasteiger partial charge in [-0.05, 0) is 140 Å². The highest BCUT2D eigenvalue weighted by Gasteiger charge is 2.20. The maximum Gasteiger partial charge on any atom is 0.115 e. The van der Waals surface area contributed by atoms with E-state index in [1.54, 1.807) is 4.80 Å². The van der Waals surface area contributed by atoms with Crippen LogP contribution in [-0.4, -0.2) is 24.1 Å². The Balaban J connectivity index is 0.869. The average molecular weight is 860 g/mol. The maximum absolute atomic E-state index is 5.08. The molecule has 10 aromatic carbocycles. The topological polar surface area (TPSA) is 47.1 Å². The molecule has 0 N–H and O–H groups in total. The quantitative estimate of drug-likeness (QED) is 0.145. The summed E-state index contributed by atoms with van der Waals surface area (Å²) in [5, 5.41) is 14.9. The van der Waals surface area contributed by atoms with Crippen LogP contribution < -0.4 is 9.80 Å². The number of rotatable bonds is 9. The Bertz CT molecular complexity index is 3910. The number of nitrogens with zero attached hydrogens (tertiary/aromatic N) is 7. The van der Waals surface area contributed by atoms with Crippen LogP contribution in [0.25, 0.3) is 71.7 Å². The summed E-state index contributed by atoms with van der Waals surface area (Å²) in [5.41, 5.74) is 15.7. The molecule has 3 heterocycles. The van der Waals surface area contributed by atoms with E-state index in [1.807, 2.05) is 0 Å². The number of para-hydroxylation sites is 6. The lowest BCUT2D eigenvalue weighted by Crippen LogP contribution is -2.10. The van der Waals surface area contributed by atoms with E-state index in [-0.39, 0.29) is 0 Å². The fraction of sp³-hybridized carbons (Fsp3) is 0. The van der Waals surface area contributed by atoms with Crippen molar-refractivity contribution in [1.29, 1.82) is 0 Å². The van der Waals surface area contributed by atoms with E-state index in [4.69, 9.17) is 10.2 Å². The van der Waals surface area contributed by atoms with Crippen LogP contribution >= 0.6 is 0 Å². The van der Waals surface area contributed by atoms with Gasteiger partial charge in [0, 0.05) is 67.0 Å². The highest BCUT2D eigenvalue weighted by molar-refractivity contribution is 6.12. The fourth-order valence-corrected chi connectivity index (χ4v) is 9.85. The van der Waals surface area contributed by atoms with Crippen LogP contribution in [0.2, 0.25) is 0 Å². The number of benzene rings is 10. The zero-order valence-electron chi connectivity index (χ0n) is 36.3. The van der Waals surface area contributed by atoms with Crippen molar-refractivity contribution in [1.82, 2.24) is 24.1 Å². The van der Waals surface area contributed by atoms with Gasteiger partial charge in [-0.1, -0.05) is 109 Å². The molecule has 0 aliphatic rings.